The van der Waals surface area contributed by atoms with Gasteiger partial charge >= 0.3 is 17.8 Å². The lowest BCUT2D eigenvalue weighted by Crippen LogP contribution is -2.30. The standard InChI is InChI=1S/C15H8Cl2F6N4O3S/c1-26(13(28)30-2)12-11(31(29)15(21,22)23)9(5-24)25-27(12)10-7(16)3-6(4-8(10)17)14(18,19)20/h3-4H,1-2H3. The summed E-state index contributed by atoms with van der Waals surface area (Å²) in [6.07, 6.45) is -6.13. The van der Waals surface area contributed by atoms with Crippen LogP contribution in [0.3, 0.4) is 0 Å². The first-order valence-corrected chi connectivity index (χ1v) is 9.45. The number of methoxy groups -OCH3 is 1. The minimum absolute atomic E-state index is 0.414. The number of carbonyl (C=O) groups is 1. The molecule has 0 N–H and O–H groups in total. The molecule has 0 saturated heterocycles. The maximum atomic E-state index is 13.2. The van der Waals surface area contributed by atoms with Crippen molar-refractivity contribution in [2.24, 2.45) is 0 Å². The fourth-order valence-corrected chi connectivity index (χ4v) is 3.89. The highest BCUT2D eigenvalue weighted by molar-refractivity contribution is 7.86. The predicted octanol–water partition coefficient (Wildman–Crippen LogP) is 4.90. The maximum Gasteiger partial charge on any atom is 0.476 e. The molecular weight excluding hydrogens is 501 g/mol. The lowest BCUT2D eigenvalue weighted by molar-refractivity contribution is -0.137. The predicted molar refractivity (Wildman–Crippen MR) is 96.6 cm³/mol. The third-order valence-electron chi connectivity index (χ3n) is 3.64. The number of aromatic nitrogens is 2. The second-order valence-corrected chi connectivity index (χ2v) is 7.78. The number of ether oxygens (including phenoxy) is 1. The maximum absolute atomic E-state index is 13.2. The molecule has 16 heteroatoms. The van der Waals surface area contributed by atoms with Gasteiger partial charge in [0, 0.05) is 7.05 Å². The van der Waals surface area contributed by atoms with Gasteiger partial charge in [0.05, 0.1) is 22.7 Å². The zero-order valence-corrected chi connectivity index (χ0v) is 17.4. The van der Waals surface area contributed by atoms with E-state index in [-0.39, 0.29) is 0 Å². The number of nitriles is 1. The molecule has 0 fully saturated rings. The van der Waals surface area contributed by atoms with Gasteiger partial charge in [-0.25, -0.2) is 13.7 Å². The van der Waals surface area contributed by atoms with E-state index < -0.39 is 66.3 Å². The number of nitrogens with zero attached hydrogens (tertiary/aromatic N) is 4. The van der Waals surface area contributed by atoms with Gasteiger partial charge in [-0.2, -0.15) is 36.7 Å². The van der Waals surface area contributed by atoms with E-state index in [0.29, 0.717) is 21.7 Å². The fraction of sp³-hybridized carbons (Fsp3) is 0.267. The number of amides is 1. The summed E-state index contributed by atoms with van der Waals surface area (Å²) in [7, 11) is -2.10. The number of hydrogen-bond donors (Lipinski definition) is 0. The molecule has 168 valence electrons. The lowest BCUT2D eigenvalue weighted by Gasteiger charge is -2.20. The van der Waals surface area contributed by atoms with Crippen molar-refractivity contribution < 1.29 is 40.1 Å². The van der Waals surface area contributed by atoms with Crippen molar-refractivity contribution in [3.63, 3.8) is 0 Å². The molecule has 1 aromatic carbocycles. The van der Waals surface area contributed by atoms with Crippen LogP contribution >= 0.6 is 23.2 Å². The van der Waals surface area contributed by atoms with Crippen molar-refractivity contribution in [3.8, 4) is 11.8 Å². The Balaban J connectivity index is 2.96. The summed E-state index contributed by atoms with van der Waals surface area (Å²) in [5.41, 5.74) is -8.28. The van der Waals surface area contributed by atoms with Crippen molar-refractivity contribution in [3.05, 3.63) is 33.4 Å². The molecular formula is C15H8Cl2F6N4O3S. The van der Waals surface area contributed by atoms with E-state index in [1.165, 1.54) is 6.07 Å². The largest absolute Gasteiger partial charge is 0.476 e. The summed E-state index contributed by atoms with van der Waals surface area (Å²) in [5.74, 6) is -0.900. The monoisotopic (exact) mass is 508 g/mol. The second-order valence-electron chi connectivity index (χ2n) is 5.55. The minimum Gasteiger partial charge on any atom is -0.452 e. The number of hydrogen-bond acceptors (Lipinski definition) is 5. The highest BCUT2D eigenvalue weighted by atomic mass is 35.5. The van der Waals surface area contributed by atoms with Gasteiger partial charge in [-0.1, -0.05) is 23.2 Å². The average Bonchev–Trinajstić information content (AvgIpc) is 3.02. The Kier molecular flexibility index (Phi) is 6.84. The zero-order chi connectivity index (χ0) is 23.9. The molecule has 31 heavy (non-hydrogen) atoms. The van der Waals surface area contributed by atoms with Crippen molar-refractivity contribution in [1.82, 2.24) is 9.78 Å². The van der Waals surface area contributed by atoms with Gasteiger partial charge in [-0.15, -0.1) is 0 Å². The summed E-state index contributed by atoms with van der Waals surface area (Å²) in [4.78, 5) is 11.1. The Hall–Kier alpha value is -2.50. The summed E-state index contributed by atoms with van der Waals surface area (Å²) < 4.78 is 95.4. The van der Waals surface area contributed by atoms with E-state index in [9.17, 15) is 40.6 Å². The smallest absolute Gasteiger partial charge is 0.452 e. The summed E-state index contributed by atoms with van der Waals surface area (Å²) >= 11 is 11.8. The van der Waals surface area contributed by atoms with Gasteiger partial charge < -0.3 is 4.74 Å². The number of alkyl halides is 6. The SMILES string of the molecule is COC(=O)N(C)c1c(S(=O)C(F)(F)F)c(C#N)nn1-c1c(Cl)cc(C(F)(F)F)cc1Cl. The van der Waals surface area contributed by atoms with Crippen LogP contribution in [0.25, 0.3) is 5.69 Å². The molecule has 1 amide bonds. The van der Waals surface area contributed by atoms with Gasteiger partial charge in [-0.05, 0) is 12.1 Å². The van der Waals surface area contributed by atoms with Crippen LogP contribution in [0.1, 0.15) is 11.3 Å². The third kappa shape index (κ3) is 4.73. The Morgan fingerprint density at radius 3 is 2.13 bits per heavy atom. The van der Waals surface area contributed by atoms with Gasteiger partial charge in [0.2, 0.25) is 0 Å². The molecule has 0 saturated carbocycles. The molecule has 0 spiro atoms. The minimum atomic E-state index is -5.38. The number of carbonyl (C=O) groups excluding carboxylic acids is 1. The van der Waals surface area contributed by atoms with Gasteiger partial charge in [0.15, 0.2) is 22.3 Å². The molecule has 7 nitrogen and oxygen atoms in total. The molecule has 1 unspecified atom stereocenters. The quantitative estimate of drug-likeness (QED) is 0.550. The van der Waals surface area contributed by atoms with Crippen LogP contribution in [0.4, 0.5) is 37.0 Å². The second kappa shape index (κ2) is 8.56. The fourth-order valence-electron chi connectivity index (χ4n) is 2.36. The van der Waals surface area contributed by atoms with E-state index >= 15 is 0 Å². The number of rotatable bonds is 3. The van der Waals surface area contributed by atoms with Crippen molar-refractivity contribution in [1.29, 1.82) is 5.26 Å². The molecule has 0 radical (unpaired) electrons. The van der Waals surface area contributed by atoms with E-state index in [0.717, 1.165) is 14.2 Å². The summed E-state index contributed by atoms with van der Waals surface area (Å²) in [6, 6.07) is 2.13. The van der Waals surface area contributed by atoms with Crippen molar-refractivity contribution >= 4 is 45.9 Å². The van der Waals surface area contributed by atoms with Crippen molar-refractivity contribution in [2.45, 2.75) is 16.6 Å². The first kappa shape index (κ1) is 24.8. The van der Waals surface area contributed by atoms with E-state index in [2.05, 4.69) is 9.84 Å². The van der Waals surface area contributed by atoms with Gasteiger partial charge in [0.25, 0.3) is 0 Å². The molecule has 1 heterocycles. The van der Waals surface area contributed by atoms with E-state index in [4.69, 9.17) is 23.2 Å². The molecule has 0 aliphatic rings. The number of halogens is 8. The van der Waals surface area contributed by atoms with Crippen molar-refractivity contribution in [2.75, 3.05) is 19.1 Å². The van der Waals surface area contributed by atoms with Crippen LogP contribution in [-0.2, 0) is 21.7 Å². The van der Waals surface area contributed by atoms with Gasteiger partial charge in [0.1, 0.15) is 16.7 Å². The molecule has 2 aromatic rings. The Morgan fingerprint density at radius 1 is 1.23 bits per heavy atom. The number of anilines is 1. The normalized spacial score (nSPS) is 12.9. The van der Waals surface area contributed by atoms with Crippen LogP contribution in [0.5, 0.6) is 0 Å². The van der Waals surface area contributed by atoms with E-state index in [1.54, 1.807) is 0 Å². The molecule has 1 atom stereocenters. The average molecular weight is 509 g/mol. The van der Waals surface area contributed by atoms with E-state index in [1.807, 2.05) is 0 Å². The Labute approximate surface area is 182 Å². The topological polar surface area (TPSA) is 88.2 Å². The van der Waals surface area contributed by atoms with Crippen LogP contribution in [-0.4, -0.2) is 39.7 Å². The highest BCUT2D eigenvalue weighted by Crippen LogP contribution is 2.42. The summed E-state index contributed by atoms with van der Waals surface area (Å²) in [5, 5.41) is 11.3. The number of benzene rings is 1. The Bertz CT molecular complexity index is 1090. The van der Waals surface area contributed by atoms with Crippen LogP contribution in [0.15, 0.2) is 17.0 Å². The molecule has 2 rings (SSSR count). The Morgan fingerprint density at radius 2 is 1.74 bits per heavy atom. The van der Waals surface area contributed by atoms with Crippen LogP contribution < -0.4 is 4.90 Å². The first-order valence-electron chi connectivity index (χ1n) is 7.55. The first-order chi connectivity index (χ1) is 14.1. The molecule has 0 bridgehead atoms. The molecule has 0 aliphatic carbocycles. The lowest BCUT2D eigenvalue weighted by atomic mass is 10.2. The third-order valence-corrected chi connectivity index (χ3v) is 5.39. The molecule has 1 aromatic heterocycles. The summed E-state index contributed by atoms with van der Waals surface area (Å²) in [6.45, 7) is 0. The molecule has 0 aliphatic heterocycles. The van der Waals surface area contributed by atoms with Crippen LogP contribution in [0, 0.1) is 11.3 Å². The zero-order valence-electron chi connectivity index (χ0n) is 15.1. The van der Waals surface area contributed by atoms with Crippen LogP contribution in [0.2, 0.25) is 10.0 Å². The van der Waals surface area contributed by atoms with Gasteiger partial charge in [-0.3, -0.25) is 4.90 Å². The highest BCUT2D eigenvalue weighted by Gasteiger charge is 2.44.